The lowest BCUT2D eigenvalue weighted by Gasteiger charge is -2.40. The van der Waals surface area contributed by atoms with Crippen LogP contribution in [0.5, 0.6) is 11.5 Å². The second kappa shape index (κ2) is 17.9. The number of hydrogen-bond acceptors (Lipinski definition) is 12. The maximum Gasteiger partial charge on any atom is 0.280 e. The summed E-state index contributed by atoms with van der Waals surface area (Å²) in [5.74, 6) is 0.670. The molecule has 62 heavy (non-hydrogen) atoms. The van der Waals surface area contributed by atoms with Gasteiger partial charge in [0.15, 0.2) is 31.8 Å². The van der Waals surface area contributed by atoms with Gasteiger partial charge < -0.3 is 28.1 Å². The van der Waals surface area contributed by atoms with Crippen LogP contribution in [0.3, 0.4) is 0 Å². The molecule has 3 aromatic heterocycles. The highest BCUT2D eigenvalue weighted by Crippen LogP contribution is 2.46. The van der Waals surface area contributed by atoms with Gasteiger partial charge in [0.2, 0.25) is 11.9 Å². The number of fused-ring (bicyclic) bond motifs is 1. The number of ether oxygens (including phenoxy) is 5. The minimum atomic E-state index is -2.64. The van der Waals surface area contributed by atoms with E-state index in [-0.39, 0.29) is 45.8 Å². The van der Waals surface area contributed by atoms with Crippen LogP contribution in [0.2, 0.25) is 18.1 Å². The predicted molar refractivity (Wildman–Crippen MR) is 241 cm³/mol. The maximum atomic E-state index is 13.5. The summed E-state index contributed by atoms with van der Waals surface area (Å²) in [5, 5.41) is 2.59. The molecule has 17 heteroatoms. The average Bonchev–Trinajstić information content (AvgIpc) is 4.02. The summed E-state index contributed by atoms with van der Waals surface area (Å²) in [6.45, 7) is 14.2. The quantitative estimate of drug-likeness (QED) is 0.0632. The van der Waals surface area contributed by atoms with Crippen LogP contribution in [0.1, 0.15) is 57.5 Å². The number of rotatable bonds is 14. The number of methoxy groups -OCH3 is 2. The monoisotopic (exact) mass is 879 g/mol. The van der Waals surface area contributed by atoms with Gasteiger partial charge in [-0.3, -0.25) is 29.0 Å². The summed E-state index contributed by atoms with van der Waals surface area (Å²) in [7, 11) is 0.615. The molecule has 1 fully saturated rings. The first-order valence-electron chi connectivity index (χ1n) is 20.3. The molecule has 0 aliphatic carbocycles. The van der Waals surface area contributed by atoms with Crippen LogP contribution in [-0.4, -0.2) is 87.6 Å². The lowest BCUT2D eigenvalue weighted by Crippen LogP contribution is -2.50. The van der Waals surface area contributed by atoms with Crippen molar-refractivity contribution in [1.29, 1.82) is 0 Å². The van der Waals surface area contributed by atoms with Crippen molar-refractivity contribution in [3.63, 3.8) is 0 Å². The van der Waals surface area contributed by atoms with Crippen LogP contribution < -0.4 is 20.3 Å². The van der Waals surface area contributed by atoms with Gasteiger partial charge in [-0.1, -0.05) is 89.2 Å². The zero-order valence-electron chi connectivity index (χ0n) is 36.3. The minimum absolute atomic E-state index is 0.0246. The van der Waals surface area contributed by atoms with Crippen molar-refractivity contribution < 1.29 is 32.9 Å². The van der Waals surface area contributed by atoms with Gasteiger partial charge in [0, 0.05) is 18.3 Å². The van der Waals surface area contributed by atoms with Crippen LogP contribution in [0.4, 0.5) is 5.95 Å². The standard InChI is InChI=1S/C45H53N7O8SSi/c1-28(2)39(53)49-42-48-38-35(40(54)50-42)47-27-52(38)41-37(60-62(8,9)44(3,4)5)36(59-43(61)51-24-23-46-26-51)34(58-41)25-57-45(29-13-11-10-12-14-29,30-15-19-32(55-6)20-16-30)31-17-21-33(56-7)22-18-31/h10-24,26-28,34,36-37,41H,25H2,1-9H3,(H2,48,49,50,53,54)/t34-,36-,37-,41-/m1/s1. The number of anilines is 1. The van der Waals surface area contributed by atoms with E-state index in [2.05, 4.69) is 59.1 Å². The molecule has 2 N–H and O–H groups in total. The van der Waals surface area contributed by atoms with E-state index in [1.807, 2.05) is 78.9 Å². The third-order valence-corrected chi connectivity index (χ3v) is 16.4. The first kappa shape index (κ1) is 44.3. The molecule has 4 atom stereocenters. The van der Waals surface area contributed by atoms with Gasteiger partial charge in [0.25, 0.3) is 10.7 Å². The fourth-order valence-electron chi connectivity index (χ4n) is 7.11. The molecule has 1 saturated heterocycles. The molecule has 4 heterocycles. The second-order valence-electron chi connectivity index (χ2n) is 16.9. The van der Waals surface area contributed by atoms with Crippen LogP contribution in [0.15, 0.2) is 109 Å². The number of nitrogens with one attached hydrogen (secondary N) is 2. The zero-order valence-corrected chi connectivity index (χ0v) is 38.1. The van der Waals surface area contributed by atoms with Gasteiger partial charge in [-0.25, -0.2) is 9.97 Å². The molecule has 0 unspecified atom stereocenters. The SMILES string of the molecule is COc1ccc(C(OC[C@H]2O[C@@H](n3cnc4c(=O)[nH]c(NC(=O)C(C)C)nc43)[C@H](O[Si](C)(C)C(C)(C)C)[C@@H]2OC(=S)n2ccnc2)(c2ccccc2)c2ccc(OC)cc2)cc1. The lowest BCUT2D eigenvalue weighted by molar-refractivity contribution is -0.118. The van der Waals surface area contributed by atoms with Crippen LogP contribution in [-0.2, 0) is 29.0 Å². The topological polar surface area (TPSA) is 166 Å². The highest BCUT2D eigenvalue weighted by atomic mass is 32.1. The number of imidazole rings is 2. The van der Waals surface area contributed by atoms with Gasteiger partial charge in [-0.2, -0.15) is 4.98 Å². The fraction of sp³-hybridized carbons (Fsp3) is 0.378. The van der Waals surface area contributed by atoms with Crippen molar-refractivity contribution in [3.8, 4) is 11.5 Å². The van der Waals surface area contributed by atoms with E-state index in [0.717, 1.165) is 16.7 Å². The number of hydrogen-bond donors (Lipinski definition) is 2. The first-order chi connectivity index (χ1) is 29.6. The molecule has 0 saturated carbocycles. The number of carbonyl (C=O) groups is 1. The van der Waals surface area contributed by atoms with Gasteiger partial charge in [-0.15, -0.1) is 0 Å². The number of nitrogens with zero attached hydrogens (tertiary/aromatic N) is 5. The molecule has 6 aromatic rings. The zero-order chi connectivity index (χ0) is 44.4. The van der Waals surface area contributed by atoms with E-state index < -0.39 is 44.0 Å². The molecule has 7 rings (SSSR count). The van der Waals surface area contributed by atoms with E-state index in [1.54, 1.807) is 55.9 Å². The van der Waals surface area contributed by atoms with E-state index in [0.29, 0.717) is 11.5 Å². The minimum Gasteiger partial charge on any atom is -0.497 e. The van der Waals surface area contributed by atoms with Crippen molar-refractivity contribution in [2.75, 3.05) is 26.1 Å². The predicted octanol–water partition coefficient (Wildman–Crippen LogP) is 7.44. The number of aromatic amines is 1. The number of thiocarbonyl (C=S) groups is 1. The first-order valence-corrected chi connectivity index (χ1v) is 23.7. The van der Waals surface area contributed by atoms with E-state index in [9.17, 15) is 9.59 Å². The number of carbonyl (C=O) groups excluding carboxylic acids is 1. The van der Waals surface area contributed by atoms with E-state index in [4.69, 9.17) is 40.3 Å². The number of amides is 1. The summed E-state index contributed by atoms with van der Waals surface area (Å²) in [6, 6.07) is 25.5. The lowest BCUT2D eigenvalue weighted by atomic mass is 9.80. The summed E-state index contributed by atoms with van der Waals surface area (Å²) >= 11 is 5.90. The molecule has 1 aliphatic heterocycles. The summed E-state index contributed by atoms with van der Waals surface area (Å²) in [4.78, 5) is 42.2. The van der Waals surface area contributed by atoms with Crippen molar-refractivity contribution in [2.45, 2.75) is 82.9 Å². The fourth-order valence-corrected chi connectivity index (χ4v) is 8.61. The van der Waals surface area contributed by atoms with Gasteiger partial charge in [0.1, 0.15) is 35.6 Å². The van der Waals surface area contributed by atoms with Crippen molar-refractivity contribution in [2.24, 2.45) is 5.92 Å². The Balaban J connectivity index is 1.39. The molecule has 1 amide bonds. The summed E-state index contributed by atoms with van der Waals surface area (Å²) < 4.78 is 42.9. The molecule has 3 aromatic carbocycles. The Hall–Kier alpha value is -5.72. The van der Waals surface area contributed by atoms with Crippen LogP contribution in [0.25, 0.3) is 11.2 Å². The number of H-pyrrole nitrogens is 1. The second-order valence-corrected chi connectivity index (χ2v) is 22.0. The van der Waals surface area contributed by atoms with Crippen molar-refractivity contribution >= 4 is 48.7 Å². The molecule has 0 bridgehead atoms. The normalized spacial score (nSPS) is 18.2. The van der Waals surface area contributed by atoms with Crippen LogP contribution in [0, 0.1) is 5.92 Å². The Morgan fingerprint density at radius 1 is 0.919 bits per heavy atom. The molecule has 326 valence electrons. The maximum absolute atomic E-state index is 13.5. The summed E-state index contributed by atoms with van der Waals surface area (Å²) in [5.41, 5.74) is 0.990. The Morgan fingerprint density at radius 2 is 1.53 bits per heavy atom. The van der Waals surface area contributed by atoms with Gasteiger partial charge in [0.05, 0.1) is 27.2 Å². The van der Waals surface area contributed by atoms with Gasteiger partial charge >= 0.3 is 0 Å². The van der Waals surface area contributed by atoms with E-state index in [1.165, 1.54) is 6.33 Å². The molecular formula is C45H53N7O8SSi. The van der Waals surface area contributed by atoms with Gasteiger partial charge in [-0.05, 0) is 71.3 Å². The van der Waals surface area contributed by atoms with E-state index >= 15 is 0 Å². The third kappa shape index (κ3) is 8.80. The molecular weight excluding hydrogens is 827 g/mol. The molecule has 15 nitrogen and oxygen atoms in total. The smallest absolute Gasteiger partial charge is 0.280 e. The van der Waals surface area contributed by atoms with Crippen LogP contribution >= 0.6 is 12.2 Å². The summed E-state index contributed by atoms with van der Waals surface area (Å²) in [6.07, 6.45) is 2.82. The highest BCUT2D eigenvalue weighted by Gasteiger charge is 2.54. The third-order valence-electron chi connectivity index (χ3n) is 11.6. The Morgan fingerprint density at radius 3 is 2.08 bits per heavy atom. The van der Waals surface area contributed by atoms with Crippen molar-refractivity contribution in [3.05, 3.63) is 131 Å². The highest BCUT2D eigenvalue weighted by molar-refractivity contribution is 7.80. The number of benzene rings is 3. The molecule has 1 aliphatic rings. The Labute approximate surface area is 366 Å². The molecule has 0 radical (unpaired) electrons. The van der Waals surface area contributed by atoms with Crippen molar-refractivity contribution in [1.82, 2.24) is 29.1 Å². The Kier molecular flexibility index (Phi) is 12.8. The molecule has 0 spiro atoms. The largest absolute Gasteiger partial charge is 0.497 e. The average molecular weight is 880 g/mol. The Bertz CT molecular complexity index is 2490. The number of aromatic nitrogens is 6.